The van der Waals surface area contributed by atoms with Gasteiger partial charge in [-0.2, -0.15) is 0 Å². The molecule has 0 bridgehead atoms. The number of fused-ring (bicyclic) bond motifs is 1. The number of benzene rings is 2. The summed E-state index contributed by atoms with van der Waals surface area (Å²) in [7, 11) is 0. The fraction of sp³-hybridized carbons (Fsp3) is 0.217. The number of nitro groups is 1. The predicted octanol–water partition coefficient (Wildman–Crippen LogP) is 4.47. The van der Waals surface area contributed by atoms with E-state index in [4.69, 9.17) is 25.8 Å². The van der Waals surface area contributed by atoms with E-state index in [2.05, 4.69) is 0 Å². The maximum atomic E-state index is 12.8. The Morgan fingerprint density at radius 1 is 1.09 bits per heavy atom. The summed E-state index contributed by atoms with van der Waals surface area (Å²) in [6.45, 7) is 4.10. The molecular weight excluding hydrogens is 452 g/mol. The zero-order valence-electron chi connectivity index (χ0n) is 17.8. The van der Waals surface area contributed by atoms with Gasteiger partial charge >= 0.3 is 5.97 Å². The fourth-order valence-electron chi connectivity index (χ4n) is 3.69. The highest BCUT2D eigenvalue weighted by atomic mass is 35.5. The van der Waals surface area contributed by atoms with Gasteiger partial charge in [-0.25, -0.2) is 4.79 Å². The number of hydrogen-bond donors (Lipinski definition) is 0. The van der Waals surface area contributed by atoms with Crippen LogP contribution in [0.25, 0.3) is 5.69 Å². The molecule has 9 nitrogen and oxygen atoms in total. The number of Topliss-reactive ketones (excluding diaryl/α,β-unsaturated/α-hetero) is 1. The number of nitro benzene ring substituents is 1. The van der Waals surface area contributed by atoms with Gasteiger partial charge < -0.3 is 18.8 Å². The number of aryl methyl sites for hydroxylation is 1. The average molecular weight is 471 g/mol. The minimum absolute atomic E-state index is 0.0688. The first-order chi connectivity index (χ1) is 15.8. The lowest BCUT2D eigenvalue weighted by Gasteiger charge is -2.20. The molecule has 1 aliphatic heterocycles. The van der Waals surface area contributed by atoms with Crippen LogP contribution in [0.2, 0.25) is 5.02 Å². The highest BCUT2D eigenvalue weighted by molar-refractivity contribution is 6.32. The maximum absolute atomic E-state index is 12.8. The van der Waals surface area contributed by atoms with E-state index >= 15 is 0 Å². The zero-order valence-corrected chi connectivity index (χ0v) is 18.5. The lowest BCUT2D eigenvalue weighted by molar-refractivity contribution is -0.384. The zero-order chi connectivity index (χ0) is 23.7. The number of ketones is 1. The molecule has 3 aromatic rings. The van der Waals surface area contributed by atoms with E-state index in [1.165, 1.54) is 12.1 Å². The van der Waals surface area contributed by atoms with E-state index in [0.29, 0.717) is 36.0 Å². The molecule has 1 aliphatic rings. The standard InChI is InChI=1S/C23H19ClN2O7/c1-13-9-17(14(2)25(13)16-4-6-21-22(11-16)32-8-7-31-21)20(27)12-33-23(28)15-3-5-18(24)19(10-15)26(29)30/h3-6,9-11H,7-8,12H2,1-2H3. The van der Waals surface area contributed by atoms with Crippen LogP contribution in [-0.2, 0) is 4.74 Å². The van der Waals surface area contributed by atoms with Crippen molar-refractivity contribution in [2.24, 2.45) is 0 Å². The topological polar surface area (TPSA) is 110 Å². The molecule has 33 heavy (non-hydrogen) atoms. The van der Waals surface area contributed by atoms with Gasteiger partial charge in [-0.15, -0.1) is 0 Å². The van der Waals surface area contributed by atoms with Crippen molar-refractivity contribution < 1.29 is 28.7 Å². The van der Waals surface area contributed by atoms with Gasteiger partial charge in [-0.3, -0.25) is 14.9 Å². The van der Waals surface area contributed by atoms with E-state index in [1.54, 1.807) is 13.0 Å². The summed E-state index contributed by atoms with van der Waals surface area (Å²) in [5.41, 5.74) is 2.21. The van der Waals surface area contributed by atoms with E-state index < -0.39 is 29.0 Å². The van der Waals surface area contributed by atoms with Crippen molar-refractivity contribution in [3.63, 3.8) is 0 Å². The van der Waals surface area contributed by atoms with Gasteiger partial charge in [0.1, 0.15) is 18.2 Å². The third kappa shape index (κ3) is 4.40. The Bertz CT molecular complexity index is 1280. The van der Waals surface area contributed by atoms with Gasteiger partial charge in [-0.05, 0) is 44.2 Å². The Hall–Kier alpha value is -3.85. The number of nitrogens with zero attached hydrogens (tertiary/aromatic N) is 2. The second-order valence-electron chi connectivity index (χ2n) is 7.37. The summed E-state index contributed by atoms with van der Waals surface area (Å²) < 4.78 is 18.2. The molecule has 1 aromatic heterocycles. The molecular formula is C23H19ClN2O7. The molecule has 0 atom stereocenters. The lowest BCUT2D eigenvalue weighted by atomic mass is 10.1. The predicted molar refractivity (Wildman–Crippen MR) is 119 cm³/mol. The van der Waals surface area contributed by atoms with Gasteiger partial charge in [0.25, 0.3) is 5.69 Å². The van der Waals surface area contributed by atoms with Crippen molar-refractivity contribution in [2.45, 2.75) is 13.8 Å². The van der Waals surface area contributed by atoms with Crippen LogP contribution < -0.4 is 9.47 Å². The molecule has 4 rings (SSSR count). The van der Waals surface area contributed by atoms with Gasteiger partial charge in [0, 0.05) is 34.8 Å². The quantitative estimate of drug-likeness (QED) is 0.226. The molecule has 2 aromatic carbocycles. The number of ether oxygens (including phenoxy) is 3. The third-order valence-corrected chi connectivity index (χ3v) is 5.55. The summed E-state index contributed by atoms with van der Waals surface area (Å²) in [6.07, 6.45) is 0. The number of rotatable bonds is 6. The molecule has 0 saturated carbocycles. The summed E-state index contributed by atoms with van der Waals surface area (Å²) in [5, 5.41) is 10.9. The average Bonchev–Trinajstić information content (AvgIpc) is 3.10. The number of carbonyl (C=O) groups excluding carboxylic acids is 2. The van der Waals surface area contributed by atoms with Gasteiger partial charge in [0.2, 0.25) is 5.78 Å². The van der Waals surface area contributed by atoms with Gasteiger partial charge in [0.15, 0.2) is 18.1 Å². The highest BCUT2D eigenvalue weighted by Crippen LogP contribution is 2.33. The first kappa shape index (κ1) is 22.3. The van der Waals surface area contributed by atoms with E-state index in [-0.39, 0.29) is 10.6 Å². The molecule has 0 aliphatic carbocycles. The molecule has 0 amide bonds. The number of carbonyl (C=O) groups is 2. The Morgan fingerprint density at radius 2 is 1.82 bits per heavy atom. The molecule has 0 saturated heterocycles. The smallest absolute Gasteiger partial charge is 0.338 e. The van der Waals surface area contributed by atoms with E-state index in [9.17, 15) is 19.7 Å². The van der Waals surface area contributed by atoms with Crippen LogP contribution in [0.4, 0.5) is 5.69 Å². The van der Waals surface area contributed by atoms with Crippen LogP contribution in [-0.4, -0.2) is 41.1 Å². The van der Waals surface area contributed by atoms with Gasteiger partial charge in [0.05, 0.1) is 10.5 Å². The highest BCUT2D eigenvalue weighted by Gasteiger charge is 2.22. The minimum atomic E-state index is -0.858. The molecule has 0 unspecified atom stereocenters. The summed E-state index contributed by atoms with van der Waals surface area (Å²) in [4.78, 5) is 35.4. The first-order valence-electron chi connectivity index (χ1n) is 9.99. The third-order valence-electron chi connectivity index (χ3n) is 5.23. The second kappa shape index (κ2) is 8.95. The SMILES string of the molecule is Cc1cc(C(=O)COC(=O)c2ccc(Cl)c([N+](=O)[O-])c2)c(C)n1-c1ccc2c(c1)OCCO2. The summed E-state index contributed by atoms with van der Waals surface area (Å²) in [6, 6.07) is 10.8. The summed E-state index contributed by atoms with van der Waals surface area (Å²) in [5.74, 6) is 0.0377. The first-order valence-corrected chi connectivity index (χ1v) is 10.4. The largest absolute Gasteiger partial charge is 0.486 e. The van der Waals surface area contributed by atoms with Crippen molar-refractivity contribution in [3.05, 3.63) is 80.1 Å². The fourth-order valence-corrected chi connectivity index (χ4v) is 3.87. The van der Waals surface area contributed by atoms with Crippen LogP contribution >= 0.6 is 11.6 Å². The Morgan fingerprint density at radius 3 is 2.55 bits per heavy atom. The molecule has 0 fully saturated rings. The van der Waals surface area contributed by atoms with Crippen LogP contribution in [0.3, 0.4) is 0 Å². The Balaban J connectivity index is 1.51. The van der Waals surface area contributed by atoms with E-state index in [1.807, 2.05) is 29.7 Å². The number of aromatic nitrogens is 1. The van der Waals surface area contributed by atoms with E-state index in [0.717, 1.165) is 17.4 Å². The van der Waals surface area contributed by atoms with Crippen molar-refractivity contribution in [3.8, 4) is 17.2 Å². The molecule has 0 radical (unpaired) electrons. The molecule has 0 spiro atoms. The molecule has 10 heteroatoms. The number of halogens is 1. The van der Waals surface area contributed by atoms with Crippen molar-refractivity contribution >= 4 is 29.0 Å². The van der Waals surface area contributed by atoms with Crippen LogP contribution in [0.1, 0.15) is 32.1 Å². The normalized spacial score (nSPS) is 12.3. The molecule has 2 heterocycles. The lowest BCUT2D eigenvalue weighted by Crippen LogP contribution is -2.16. The minimum Gasteiger partial charge on any atom is -0.486 e. The summed E-state index contributed by atoms with van der Waals surface area (Å²) >= 11 is 5.76. The maximum Gasteiger partial charge on any atom is 0.338 e. The van der Waals surface area contributed by atoms with Gasteiger partial charge in [-0.1, -0.05) is 11.6 Å². The van der Waals surface area contributed by atoms with Crippen molar-refractivity contribution in [1.29, 1.82) is 0 Å². The number of esters is 1. The second-order valence-corrected chi connectivity index (χ2v) is 7.78. The van der Waals surface area contributed by atoms with Crippen LogP contribution in [0, 0.1) is 24.0 Å². The Kier molecular flexibility index (Phi) is 6.06. The van der Waals surface area contributed by atoms with Crippen molar-refractivity contribution in [2.75, 3.05) is 19.8 Å². The van der Waals surface area contributed by atoms with Crippen molar-refractivity contribution in [1.82, 2.24) is 4.57 Å². The molecule has 0 N–H and O–H groups in total. The number of hydrogen-bond acceptors (Lipinski definition) is 7. The van der Waals surface area contributed by atoms with Crippen LogP contribution in [0.15, 0.2) is 42.5 Å². The monoisotopic (exact) mass is 470 g/mol. The Labute approximate surface area is 193 Å². The molecule has 170 valence electrons. The van der Waals surface area contributed by atoms with Crippen LogP contribution in [0.5, 0.6) is 11.5 Å².